The largest absolute Gasteiger partial charge is 2.00 e. The van der Waals surface area contributed by atoms with Crippen LogP contribution in [0.25, 0.3) is 0 Å². The third-order valence-electron chi connectivity index (χ3n) is 4.37. The summed E-state index contributed by atoms with van der Waals surface area (Å²) >= 11 is 0. The summed E-state index contributed by atoms with van der Waals surface area (Å²) in [5.74, 6) is -4.08. The Kier molecular flexibility index (Phi) is 14.4. The predicted molar refractivity (Wildman–Crippen MR) is 96.3 cm³/mol. The van der Waals surface area contributed by atoms with Crippen molar-refractivity contribution in [3.63, 3.8) is 0 Å². The van der Waals surface area contributed by atoms with Crippen molar-refractivity contribution in [3.05, 3.63) is 0 Å². The molecule has 1 heterocycles. The second-order valence-electron chi connectivity index (χ2n) is 6.68. The van der Waals surface area contributed by atoms with E-state index in [-0.39, 0.29) is 66.1 Å². The van der Waals surface area contributed by atoms with Gasteiger partial charge in [0.1, 0.15) is 0 Å². The van der Waals surface area contributed by atoms with Gasteiger partial charge < -0.3 is 20.4 Å². The Hall–Kier alpha value is -0.955. The normalized spacial score (nSPS) is 18.8. The molecule has 166 valence electrons. The van der Waals surface area contributed by atoms with Gasteiger partial charge in [0.05, 0.1) is 26.2 Å². The molecule has 1 aliphatic heterocycles. The number of rotatable bonds is 8. The maximum Gasteiger partial charge on any atom is 2.00 e. The summed E-state index contributed by atoms with van der Waals surface area (Å²) < 4.78 is 0. The molecule has 0 aromatic heterocycles. The second-order valence-corrected chi connectivity index (χ2v) is 6.68. The van der Waals surface area contributed by atoms with Gasteiger partial charge in [-0.05, 0) is 0 Å². The minimum Gasteiger partial charge on any atom is -0.480 e. The zero-order valence-corrected chi connectivity index (χ0v) is 18.3. The van der Waals surface area contributed by atoms with Crippen LogP contribution in [0.3, 0.4) is 0 Å². The molecule has 0 radical (unpaired) electrons. The van der Waals surface area contributed by atoms with E-state index in [1.54, 1.807) is 19.6 Å². The number of aliphatic carboxylic acids is 4. The number of carboxylic acid groups (broad SMARTS) is 4. The summed E-state index contributed by atoms with van der Waals surface area (Å²) in [6.45, 7) is 1.52. The number of carbonyl (C=O) groups is 4. The van der Waals surface area contributed by atoms with Crippen molar-refractivity contribution in [2.45, 2.75) is 0 Å². The maximum atomic E-state index is 11.1. The van der Waals surface area contributed by atoms with Gasteiger partial charge in [-0.2, -0.15) is 0 Å². The van der Waals surface area contributed by atoms with Gasteiger partial charge in [0.2, 0.25) is 0 Å². The number of nitrogens with zero attached hydrogens (tertiary/aromatic N) is 4. The van der Waals surface area contributed by atoms with Crippen LogP contribution in [0.15, 0.2) is 0 Å². The minimum absolute atomic E-state index is 0. The van der Waals surface area contributed by atoms with Crippen LogP contribution in [0.1, 0.15) is 0 Å². The molecule has 1 aliphatic rings. The molecule has 1 rings (SSSR count). The summed E-state index contributed by atoms with van der Waals surface area (Å²) in [7, 11) is 0. The molecule has 4 N–H and O–H groups in total. The summed E-state index contributed by atoms with van der Waals surface area (Å²) in [6, 6.07) is 0. The number of hydrogen-bond acceptors (Lipinski definition) is 8. The van der Waals surface area contributed by atoms with Crippen molar-refractivity contribution in [3.8, 4) is 0 Å². The van der Waals surface area contributed by atoms with Crippen molar-refractivity contribution in [2.75, 3.05) is 78.5 Å². The Morgan fingerprint density at radius 3 is 0.690 bits per heavy atom. The fourth-order valence-electron chi connectivity index (χ4n) is 2.98. The molecule has 0 aromatic carbocycles. The van der Waals surface area contributed by atoms with Crippen LogP contribution >= 0.6 is 0 Å². The van der Waals surface area contributed by atoms with E-state index in [0.717, 1.165) is 0 Å². The van der Waals surface area contributed by atoms with Crippen molar-refractivity contribution in [2.24, 2.45) is 0 Å². The van der Waals surface area contributed by atoms with Crippen LogP contribution in [-0.4, -0.2) is 142 Å². The van der Waals surface area contributed by atoms with E-state index < -0.39 is 23.9 Å². The Morgan fingerprint density at radius 1 is 0.448 bits per heavy atom. The average molecular weight is 562 g/mol. The van der Waals surface area contributed by atoms with Gasteiger partial charge in [0, 0.05) is 52.4 Å². The minimum atomic E-state index is -1.02. The van der Waals surface area contributed by atoms with Crippen molar-refractivity contribution >= 4 is 23.9 Å². The maximum absolute atomic E-state index is 11.1. The molecule has 0 unspecified atom stereocenters. The quantitative estimate of drug-likeness (QED) is 0.248. The van der Waals surface area contributed by atoms with Crippen molar-refractivity contribution < 1.29 is 79.5 Å². The Morgan fingerprint density at radius 2 is 0.586 bits per heavy atom. The third-order valence-corrected chi connectivity index (χ3v) is 4.37. The van der Waals surface area contributed by atoms with Crippen LogP contribution in [-0.2, 0) is 19.2 Å². The SMILES string of the molecule is O=C(O)CN1CCN(CC(=O)O)CCN(CC(=O)O)CCN(CC(=O)O)CC1.[Gd+2]. The first-order valence-corrected chi connectivity index (χ1v) is 8.92. The monoisotopic (exact) mass is 562 g/mol. The second kappa shape index (κ2) is 14.9. The van der Waals surface area contributed by atoms with Crippen LogP contribution in [0.4, 0.5) is 0 Å². The van der Waals surface area contributed by atoms with E-state index in [2.05, 4.69) is 0 Å². The smallest absolute Gasteiger partial charge is 0.480 e. The van der Waals surface area contributed by atoms with Gasteiger partial charge in [-0.15, -0.1) is 0 Å². The molecule has 0 saturated carbocycles. The molecule has 29 heavy (non-hydrogen) atoms. The molecular formula is C16H28GdN4O8+2. The van der Waals surface area contributed by atoms with E-state index >= 15 is 0 Å². The van der Waals surface area contributed by atoms with Crippen LogP contribution < -0.4 is 0 Å². The molecule has 0 aliphatic carbocycles. The van der Waals surface area contributed by atoms with Crippen molar-refractivity contribution in [1.82, 2.24) is 19.6 Å². The summed E-state index contributed by atoms with van der Waals surface area (Å²) in [5, 5.41) is 36.3. The Labute approximate surface area is 200 Å². The molecule has 0 amide bonds. The van der Waals surface area contributed by atoms with E-state index in [0.29, 0.717) is 52.4 Å². The fourth-order valence-corrected chi connectivity index (χ4v) is 2.98. The van der Waals surface area contributed by atoms with Crippen LogP contribution in [0.2, 0.25) is 0 Å². The fraction of sp³-hybridized carbons (Fsp3) is 0.750. The third kappa shape index (κ3) is 13.8. The molecular weight excluding hydrogens is 533 g/mol. The molecule has 0 aromatic rings. The van der Waals surface area contributed by atoms with Gasteiger partial charge >= 0.3 is 63.8 Å². The zero-order chi connectivity index (χ0) is 21.1. The predicted octanol–water partition coefficient (Wildman–Crippen LogP) is -2.45. The molecule has 1 fully saturated rings. The van der Waals surface area contributed by atoms with Gasteiger partial charge in [-0.25, -0.2) is 0 Å². The van der Waals surface area contributed by atoms with Crippen LogP contribution in [0.5, 0.6) is 0 Å². The molecule has 1 saturated heterocycles. The number of hydrogen-bond donors (Lipinski definition) is 4. The summed E-state index contributed by atoms with van der Waals surface area (Å²) in [4.78, 5) is 50.9. The molecule has 12 nitrogen and oxygen atoms in total. The first-order valence-electron chi connectivity index (χ1n) is 8.92. The van der Waals surface area contributed by atoms with Gasteiger partial charge in [-0.3, -0.25) is 38.8 Å². The number of carboxylic acids is 4. The molecule has 0 atom stereocenters. The Bertz CT molecular complexity index is 453. The van der Waals surface area contributed by atoms with Gasteiger partial charge in [0.15, 0.2) is 0 Å². The average Bonchev–Trinajstić information content (AvgIpc) is 2.55. The van der Waals surface area contributed by atoms with E-state index in [4.69, 9.17) is 20.4 Å². The Balaban J connectivity index is 0.00000784. The van der Waals surface area contributed by atoms with Gasteiger partial charge in [-0.1, -0.05) is 0 Å². The van der Waals surface area contributed by atoms with E-state index in [1.807, 2.05) is 0 Å². The van der Waals surface area contributed by atoms with E-state index in [1.165, 1.54) is 0 Å². The molecule has 13 heteroatoms. The molecule has 0 bridgehead atoms. The standard InChI is InChI=1S/C16H28N4O8.Gd/c21-13(22)9-17-1-2-18(10-14(23)24)5-6-20(12-16(27)28)8-7-19(4-3-17)11-15(25)26;/h1-12H2,(H,21,22)(H,23,24)(H,25,26)(H,27,28);/q;+2. The van der Waals surface area contributed by atoms with Crippen LogP contribution in [0, 0.1) is 39.9 Å². The first kappa shape index (κ1) is 28.0. The topological polar surface area (TPSA) is 162 Å². The zero-order valence-electron chi connectivity index (χ0n) is 16.0. The summed E-state index contributed by atoms with van der Waals surface area (Å²) in [5.41, 5.74) is 0. The van der Waals surface area contributed by atoms with Crippen molar-refractivity contribution in [1.29, 1.82) is 0 Å². The van der Waals surface area contributed by atoms with E-state index in [9.17, 15) is 19.2 Å². The summed E-state index contributed by atoms with van der Waals surface area (Å²) in [6.07, 6.45) is 0. The van der Waals surface area contributed by atoms with Gasteiger partial charge in [0.25, 0.3) is 0 Å². The molecule has 0 spiro atoms. The first-order chi connectivity index (χ1) is 13.2.